The highest BCUT2D eigenvalue weighted by atomic mass is 35.5. The molecule has 2 aromatic rings. The Morgan fingerprint density at radius 1 is 1.26 bits per heavy atom. The van der Waals surface area contributed by atoms with Gasteiger partial charge in [-0.1, -0.05) is 24.4 Å². The molecule has 0 bridgehead atoms. The van der Waals surface area contributed by atoms with Crippen LogP contribution >= 0.6 is 11.6 Å². The van der Waals surface area contributed by atoms with Crippen LogP contribution in [0.2, 0.25) is 5.02 Å². The zero-order chi connectivity index (χ0) is 19.0. The van der Waals surface area contributed by atoms with Gasteiger partial charge in [0.05, 0.1) is 16.1 Å². The number of imidazole rings is 1. The summed E-state index contributed by atoms with van der Waals surface area (Å²) in [6.07, 6.45) is 6.32. The molecule has 2 aliphatic rings. The van der Waals surface area contributed by atoms with Crippen LogP contribution in [-0.4, -0.2) is 34.6 Å². The molecule has 2 heterocycles. The second-order valence-corrected chi connectivity index (χ2v) is 8.07. The van der Waals surface area contributed by atoms with Gasteiger partial charge in [-0.15, -0.1) is 0 Å². The third-order valence-corrected chi connectivity index (χ3v) is 6.23. The Kier molecular flexibility index (Phi) is 5.26. The van der Waals surface area contributed by atoms with E-state index in [2.05, 4.69) is 10.2 Å². The molecular formula is C20H26ClFN4O. The second-order valence-electron chi connectivity index (χ2n) is 7.66. The lowest BCUT2D eigenvalue weighted by molar-refractivity contribution is -0.126. The lowest BCUT2D eigenvalue weighted by atomic mass is 9.95. The van der Waals surface area contributed by atoms with E-state index >= 15 is 0 Å². The molecule has 1 aliphatic carbocycles. The van der Waals surface area contributed by atoms with Crippen LogP contribution < -0.4 is 10.2 Å². The predicted molar refractivity (Wildman–Crippen MR) is 106 cm³/mol. The van der Waals surface area contributed by atoms with Crippen molar-refractivity contribution in [2.24, 2.45) is 5.92 Å². The molecule has 1 saturated heterocycles. The number of halogens is 2. The predicted octanol–water partition coefficient (Wildman–Crippen LogP) is 4.12. The maximum Gasteiger partial charge on any atom is 0.223 e. The van der Waals surface area contributed by atoms with Gasteiger partial charge in [0.25, 0.3) is 0 Å². The van der Waals surface area contributed by atoms with E-state index in [0.29, 0.717) is 18.1 Å². The smallest absolute Gasteiger partial charge is 0.223 e. The van der Waals surface area contributed by atoms with Crippen LogP contribution in [0.15, 0.2) is 12.1 Å². The maximum atomic E-state index is 13.9. The van der Waals surface area contributed by atoms with E-state index in [1.54, 1.807) is 6.07 Å². The fourth-order valence-corrected chi connectivity index (χ4v) is 4.55. The van der Waals surface area contributed by atoms with Crippen molar-refractivity contribution < 1.29 is 9.18 Å². The number of anilines is 1. The molecule has 1 N–H and O–H groups in total. The van der Waals surface area contributed by atoms with Crippen molar-refractivity contribution in [2.45, 2.75) is 58.0 Å². The van der Waals surface area contributed by atoms with Crippen molar-refractivity contribution in [1.29, 1.82) is 0 Å². The quantitative estimate of drug-likeness (QED) is 0.851. The normalized spacial score (nSPS) is 19.1. The molecule has 2 fully saturated rings. The summed E-state index contributed by atoms with van der Waals surface area (Å²) in [5.74, 6) is 0.698. The Morgan fingerprint density at radius 3 is 2.63 bits per heavy atom. The number of nitrogens with one attached hydrogen (secondary N) is 1. The first-order valence-electron chi connectivity index (χ1n) is 9.97. The highest BCUT2D eigenvalue weighted by Crippen LogP contribution is 2.30. The van der Waals surface area contributed by atoms with E-state index in [0.717, 1.165) is 50.2 Å². The first kappa shape index (κ1) is 18.5. The van der Waals surface area contributed by atoms with E-state index in [1.165, 1.54) is 18.9 Å². The monoisotopic (exact) mass is 392 g/mol. The van der Waals surface area contributed by atoms with Gasteiger partial charge in [-0.2, -0.15) is 0 Å². The van der Waals surface area contributed by atoms with Gasteiger partial charge in [0.2, 0.25) is 11.9 Å². The third kappa shape index (κ3) is 3.64. The number of hydrogen-bond donors (Lipinski definition) is 1. The van der Waals surface area contributed by atoms with Crippen LogP contribution in [0, 0.1) is 11.7 Å². The van der Waals surface area contributed by atoms with E-state index in [1.807, 2.05) is 11.5 Å². The van der Waals surface area contributed by atoms with Crippen molar-refractivity contribution in [3.8, 4) is 0 Å². The summed E-state index contributed by atoms with van der Waals surface area (Å²) in [4.78, 5) is 19.4. The van der Waals surface area contributed by atoms with Gasteiger partial charge in [-0.3, -0.25) is 4.79 Å². The largest absolute Gasteiger partial charge is 0.353 e. The lowest BCUT2D eigenvalue weighted by Crippen LogP contribution is -2.43. The third-order valence-electron chi connectivity index (χ3n) is 5.94. The Bertz CT molecular complexity index is 838. The van der Waals surface area contributed by atoms with Gasteiger partial charge in [0.1, 0.15) is 5.82 Å². The number of piperidine rings is 1. The average Bonchev–Trinajstić information content (AvgIpc) is 3.29. The van der Waals surface area contributed by atoms with E-state index in [4.69, 9.17) is 16.6 Å². The minimum absolute atomic E-state index is 0.0770. The Morgan fingerprint density at radius 2 is 1.96 bits per heavy atom. The lowest BCUT2D eigenvalue weighted by Gasteiger charge is -2.32. The maximum absolute atomic E-state index is 13.9. The Labute approximate surface area is 163 Å². The Hall–Kier alpha value is -1.82. The van der Waals surface area contributed by atoms with Crippen molar-refractivity contribution >= 4 is 34.5 Å². The second kappa shape index (κ2) is 7.66. The number of carbonyl (C=O) groups excluding carboxylic acids is 1. The summed E-state index contributed by atoms with van der Waals surface area (Å²) in [6, 6.07) is 3.42. The van der Waals surface area contributed by atoms with Crippen molar-refractivity contribution in [2.75, 3.05) is 18.0 Å². The van der Waals surface area contributed by atoms with Gasteiger partial charge >= 0.3 is 0 Å². The van der Waals surface area contributed by atoms with E-state index in [9.17, 15) is 9.18 Å². The average molecular weight is 393 g/mol. The summed E-state index contributed by atoms with van der Waals surface area (Å²) < 4.78 is 15.9. The number of hydrogen-bond acceptors (Lipinski definition) is 3. The zero-order valence-electron chi connectivity index (χ0n) is 15.7. The van der Waals surface area contributed by atoms with Crippen molar-refractivity contribution in [1.82, 2.24) is 14.9 Å². The SMILES string of the molecule is CCn1c(N2CCC(C(=O)NC3CCCC3)CC2)nc2cc(Cl)c(F)cc21. The van der Waals surface area contributed by atoms with Crippen LogP contribution in [0.4, 0.5) is 10.3 Å². The molecule has 1 saturated carbocycles. The fourth-order valence-electron chi connectivity index (χ4n) is 4.39. The van der Waals surface area contributed by atoms with Gasteiger partial charge in [-0.05, 0) is 38.7 Å². The fraction of sp³-hybridized carbons (Fsp3) is 0.600. The van der Waals surface area contributed by atoms with Gasteiger partial charge in [0.15, 0.2) is 0 Å². The number of benzene rings is 1. The number of nitrogens with zero attached hydrogens (tertiary/aromatic N) is 3. The van der Waals surface area contributed by atoms with Crippen LogP contribution in [0.3, 0.4) is 0 Å². The van der Waals surface area contributed by atoms with Crippen LogP contribution in [0.25, 0.3) is 11.0 Å². The van der Waals surface area contributed by atoms with Crippen LogP contribution in [0.5, 0.6) is 0 Å². The molecule has 0 unspecified atom stereocenters. The molecule has 7 heteroatoms. The molecule has 0 atom stereocenters. The highest BCUT2D eigenvalue weighted by Gasteiger charge is 2.29. The van der Waals surface area contributed by atoms with Gasteiger partial charge < -0.3 is 14.8 Å². The van der Waals surface area contributed by atoms with Crippen molar-refractivity contribution in [3.63, 3.8) is 0 Å². The van der Waals surface area contributed by atoms with E-state index in [-0.39, 0.29) is 16.8 Å². The summed E-state index contributed by atoms with van der Waals surface area (Å²) in [6.45, 7) is 4.29. The number of fused-ring (bicyclic) bond motifs is 1. The standard InChI is InChI=1S/C20H26ClFN4O/c1-2-26-18-12-16(22)15(21)11-17(18)24-20(26)25-9-7-13(8-10-25)19(27)23-14-5-3-4-6-14/h11-14H,2-10H2,1H3,(H,23,27). The zero-order valence-corrected chi connectivity index (χ0v) is 16.4. The summed E-state index contributed by atoms with van der Waals surface area (Å²) in [5.41, 5.74) is 1.47. The molecule has 27 heavy (non-hydrogen) atoms. The molecule has 1 aliphatic heterocycles. The molecule has 1 aromatic carbocycles. The van der Waals surface area contributed by atoms with E-state index < -0.39 is 5.82 Å². The first-order chi connectivity index (χ1) is 13.1. The summed E-state index contributed by atoms with van der Waals surface area (Å²) in [5, 5.41) is 3.32. The molecule has 146 valence electrons. The molecule has 5 nitrogen and oxygen atoms in total. The molecule has 4 rings (SSSR count). The molecule has 0 spiro atoms. The van der Waals surface area contributed by atoms with Gasteiger partial charge in [-0.25, -0.2) is 9.37 Å². The number of aryl methyl sites for hydroxylation is 1. The minimum atomic E-state index is -0.424. The molecule has 1 amide bonds. The molecule has 1 aromatic heterocycles. The van der Waals surface area contributed by atoms with Crippen molar-refractivity contribution in [3.05, 3.63) is 23.0 Å². The molecular weight excluding hydrogens is 367 g/mol. The highest BCUT2D eigenvalue weighted by molar-refractivity contribution is 6.31. The van der Waals surface area contributed by atoms with Crippen LogP contribution in [-0.2, 0) is 11.3 Å². The number of rotatable bonds is 4. The molecule has 0 radical (unpaired) electrons. The summed E-state index contributed by atoms with van der Waals surface area (Å²) in [7, 11) is 0. The number of amides is 1. The van der Waals surface area contributed by atoms with Crippen LogP contribution in [0.1, 0.15) is 45.4 Å². The number of carbonyl (C=O) groups is 1. The number of aromatic nitrogens is 2. The minimum Gasteiger partial charge on any atom is -0.353 e. The topological polar surface area (TPSA) is 50.2 Å². The van der Waals surface area contributed by atoms with Gasteiger partial charge in [0, 0.05) is 37.7 Å². The summed E-state index contributed by atoms with van der Waals surface area (Å²) >= 11 is 5.92. The first-order valence-corrected chi connectivity index (χ1v) is 10.3. The Balaban J connectivity index is 1.47.